The van der Waals surface area contributed by atoms with E-state index in [0.717, 1.165) is 11.1 Å². The van der Waals surface area contributed by atoms with Crippen molar-refractivity contribution in [2.45, 2.75) is 45.3 Å². The summed E-state index contributed by atoms with van der Waals surface area (Å²) >= 11 is 6.08. The van der Waals surface area contributed by atoms with Gasteiger partial charge in [-0.3, -0.25) is 14.6 Å². The van der Waals surface area contributed by atoms with E-state index in [0.29, 0.717) is 34.0 Å². The van der Waals surface area contributed by atoms with Crippen LogP contribution in [-0.2, 0) is 16.1 Å². The highest BCUT2D eigenvalue weighted by atomic mass is 35.5. The first kappa shape index (κ1) is 21.3. The lowest BCUT2D eigenvalue weighted by Gasteiger charge is -2.20. The van der Waals surface area contributed by atoms with E-state index in [9.17, 15) is 9.59 Å². The Morgan fingerprint density at radius 2 is 1.85 bits per heavy atom. The second-order valence-corrected chi connectivity index (χ2v) is 8.92. The van der Waals surface area contributed by atoms with E-state index < -0.39 is 12.1 Å². The van der Waals surface area contributed by atoms with Gasteiger partial charge in [0.15, 0.2) is 12.1 Å². The van der Waals surface area contributed by atoms with Crippen LogP contribution >= 0.6 is 11.6 Å². The molecule has 0 N–H and O–H groups in total. The monoisotopic (exact) mass is 463 g/mol. The number of hydrogen-bond acceptors (Lipinski definition) is 7. The van der Waals surface area contributed by atoms with Gasteiger partial charge in [-0.25, -0.2) is 9.88 Å². The maximum absolute atomic E-state index is 13.3. The number of hydrogen-bond donors (Lipinski definition) is 0. The van der Waals surface area contributed by atoms with Crippen LogP contribution < -0.4 is 4.90 Å². The van der Waals surface area contributed by atoms with Crippen molar-refractivity contribution in [3.05, 3.63) is 70.6 Å². The molecular weight excluding hydrogens is 442 g/mol. The second kappa shape index (κ2) is 8.12. The van der Waals surface area contributed by atoms with E-state index in [1.165, 1.54) is 9.91 Å². The summed E-state index contributed by atoms with van der Waals surface area (Å²) in [6.45, 7) is 6.17. The number of carbonyl (C=O) groups excluding carboxylic acids is 2. The van der Waals surface area contributed by atoms with Gasteiger partial charge in [0.25, 0.3) is 11.8 Å². The number of anilines is 1. The van der Waals surface area contributed by atoms with Crippen LogP contribution in [0.4, 0.5) is 5.69 Å². The van der Waals surface area contributed by atoms with Crippen molar-refractivity contribution >= 4 is 29.1 Å². The average molecular weight is 464 g/mol. The lowest BCUT2D eigenvalue weighted by molar-refractivity contribution is -0.123. The molecule has 0 unspecified atom stereocenters. The molecular formula is C24H22ClN5O3. The van der Waals surface area contributed by atoms with Crippen LogP contribution in [0.3, 0.4) is 0 Å². The fourth-order valence-electron chi connectivity index (χ4n) is 4.09. The third kappa shape index (κ3) is 3.70. The quantitative estimate of drug-likeness (QED) is 0.501. The van der Waals surface area contributed by atoms with Gasteiger partial charge in [-0.2, -0.15) is 5.11 Å². The Bertz CT molecular complexity index is 1270. The van der Waals surface area contributed by atoms with Crippen molar-refractivity contribution in [1.82, 2.24) is 9.99 Å². The Balaban J connectivity index is 1.38. The molecule has 3 heterocycles. The number of aryl methyl sites for hydroxylation is 1. The van der Waals surface area contributed by atoms with Crippen LogP contribution in [0.2, 0.25) is 5.02 Å². The number of amides is 2. The number of halogens is 1. The van der Waals surface area contributed by atoms with Crippen LogP contribution in [0, 0.1) is 6.92 Å². The molecule has 0 spiro atoms. The first-order valence-corrected chi connectivity index (χ1v) is 11.1. The zero-order valence-electron chi connectivity index (χ0n) is 18.4. The van der Waals surface area contributed by atoms with E-state index in [1.807, 2.05) is 24.3 Å². The van der Waals surface area contributed by atoms with Crippen molar-refractivity contribution in [2.75, 3.05) is 4.90 Å². The van der Waals surface area contributed by atoms with Crippen LogP contribution in [0.15, 0.2) is 63.3 Å². The standard InChI is InChI=1S/C24H22ClN5O3/c1-13(2)15-7-9-18(10-8-15)30-23(31)20-21(24(30)32)29(28-27-20)12-19-14(3)33-22(26-19)16-5-4-6-17(25)11-16/h4-11,13,20-21H,12H2,1-3H3/t20-,21-/m0/s1. The molecule has 2 aromatic carbocycles. The van der Waals surface area contributed by atoms with Crippen molar-refractivity contribution in [3.63, 3.8) is 0 Å². The van der Waals surface area contributed by atoms with Gasteiger partial charge in [-0.15, -0.1) is 0 Å². The molecule has 2 aliphatic heterocycles. The predicted octanol–water partition coefficient (Wildman–Crippen LogP) is 4.92. The molecule has 1 fully saturated rings. The predicted molar refractivity (Wildman–Crippen MR) is 123 cm³/mol. The summed E-state index contributed by atoms with van der Waals surface area (Å²) in [5, 5.41) is 10.3. The molecule has 0 aliphatic carbocycles. The average Bonchev–Trinajstić information content (AvgIpc) is 3.44. The molecule has 0 saturated carbocycles. The Labute approximate surface area is 195 Å². The van der Waals surface area contributed by atoms with Crippen molar-refractivity contribution in [1.29, 1.82) is 0 Å². The molecule has 1 saturated heterocycles. The number of aromatic nitrogens is 1. The van der Waals surface area contributed by atoms with E-state index in [1.54, 1.807) is 31.2 Å². The number of carbonyl (C=O) groups is 2. The van der Waals surface area contributed by atoms with Gasteiger partial charge in [-0.1, -0.05) is 48.9 Å². The van der Waals surface area contributed by atoms with Crippen LogP contribution in [0.1, 0.15) is 36.8 Å². The van der Waals surface area contributed by atoms with Gasteiger partial charge < -0.3 is 4.42 Å². The number of rotatable bonds is 5. The SMILES string of the molecule is Cc1oc(-c2cccc(Cl)c2)nc1CN1N=N[C@@H]2C(=O)N(c3ccc(C(C)C)cc3)C(=O)[C@H]21. The molecule has 0 radical (unpaired) electrons. The zero-order valence-corrected chi connectivity index (χ0v) is 19.2. The maximum atomic E-state index is 13.3. The Morgan fingerprint density at radius 3 is 2.55 bits per heavy atom. The normalized spacial score (nSPS) is 19.8. The van der Waals surface area contributed by atoms with Gasteiger partial charge in [0.05, 0.1) is 12.2 Å². The van der Waals surface area contributed by atoms with E-state index in [2.05, 4.69) is 29.2 Å². The molecule has 2 amide bonds. The van der Waals surface area contributed by atoms with Gasteiger partial charge in [0.2, 0.25) is 5.89 Å². The number of oxazole rings is 1. The van der Waals surface area contributed by atoms with Crippen molar-refractivity contribution in [2.24, 2.45) is 10.3 Å². The minimum atomic E-state index is -0.859. The minimum absolute atomic E-state index is 0.194. The van der Waals surface area contributed by atoms with E-state index in [-0.39, 0.29) is 18.4 Å². The molecule has 168 valence electrons. The van der Waals surface area contributed by atoms with E-state index >= 15 is 0 Å². The lowest BCUT2D eigenvalue weighted by atomic mass is 10.0. The summed E-state index contributed by atoms with van der Waals surface area (Å²) in [4.78, 5) is 32.0. The number of fused-ring (bicyclic) bond motifs is 1. The van der Waals surface area contributed by atoms with Crippen molar-refractivity contribution < 1.29 is 14.0 Å². The fraction of sp³-hybridized carbons (Fsp3) is 0.292. The first-order chi connectivity index (χ1) is 15.8. The molecule has 8 nitrogen and oxygen atoms in total. The number of benzene rings is 2. The molecule has 3 aromatic rings. The molecule has 0 bridgehead atoms. The van der Waals surface area contributed by atoms with Gasteiger partial charge >= 0.3 is 0 Å². The summed E-state index contributed by atoms with van der Waals surface area (Å²) in [5.41, 5.74) is 3.04. The van der Waals surface area contributed by atoms with Gasteiger partial charge in [0.1, 0.15) is 11.5 Å². The molecule has 2 aliphatic rings. The molecule has 5 rings (SSSR count). The summed E-state index contributed by atoms with van der Waals surface area (Å²) in [7, 11) is 0. The number of imide groups is 1. The molecule has 33 heavy (non-hydrogen) atoms. The smallest absolute Gasteiger partial charge is 0.263 e. The first-order valence-electron chi connectivity index (χ1n) is 10.7. The highest BCUT2D eigenvalue weighted by molar-refractivity contribution is 6.30. The van der Waals surface area contributed by atoms with Crippen LogP contribution in [-0.4, -0.2) is 33.9 Å². The molecule has 9 heteroatoms. The number of nitrogens with zero attached hydrogens (tertiary/aromatic N) is 5. The third-order valence-corrected chi connectivity index (χ3v) is 6.19. The third-order valence-electron chi connectivity index (χ3n) is 5.95. The Kier molecular flexibility index (Phi) is 5.25. The zero-order chi connectivity index (χ0) is 23.3. The fourth-order valence-corrected chi connectivity index (χ4v) is 4.28. The maximum Gasteiger partial charge on any atom is 0.263 e. The summed E-state index contributed by atoms with van der Waals surface area (Å²) in [6.07, 6.45) is 0. The Hall–Kier alpha value is -3.52. The highest BCUT2D eigenvalue weighted by Crippen LogP contribution is 2.34. The topological polar surface area (TPSA) is 91.4 Å². The Morgan fingerprint density at radius 1 is 1.09 bits per heavy atom. The van der Waals surface area contributed by atoms with Crippen LogP contribution in [0.25, 0.3) is 11.5 Å². The summed E-state index contributed by atoms with van der Waals surface area (Å²) in [5.74, 6) is 0.670. The van der Waals surface area contributed by atoms with Gasteiger partial charge in [-0.05, 0) is 48.7 Å². The van der Waals surface area contributed by atoms with Crippen LogP contribution in [0.5, 0.6) is 0 Å². The highest BCUT2D eigenvalue weighted by Gasteiger charge is 2.54. The van der Waals surface area contributed by atoms with E-state index in [4.69, 9.17) is 16.0 Å². The molecule has 2 atom stereocenters. The lowest BCUT2D eigenvalue weighted by Crippen LogP contribution is -2.39. The minimum Gasteiger partial charge on any atom is -0.441 e. The van der Waals surface area contributed by atoms with Gasteiger partial charge in [0, 0.05) is 10.6 Å². The van der Waals surface area contributed by atoms with Crippen molar-refractivity contribution in [3.8, 4) is 11.5 Å². The summed E-state index contributed by atoms with van der Waals surface area (Å²) in [6, 6.07) is 13.0. The second-order valence-electron chi connectivity index (χ2n) is 8.48. The largest absolute Gasteiger partial charge is 0.441 e. The molecule has 1 aromatic heterocycles. The summed E-state index contributed by atoms with van der Waals surface area (Å²) < 4.78 is 5.82.